The van der Waals surface area contributed by atoms with Crippen molar-refractivity contribution in [3.8, 4) is 0 Å². The molecule has 0 aromatic rings. The zero-order valence-electron chi connectivity index (χ0n) is 21.5. The monoisotopic (exact) mass is 460 g/mol. The van der Waals surface area contributed by atoms with Gasteiger partial charge in [-0.15, -0.1) is 0 Å². The van der Waals surface area contributed by atoms with Crippen LogP contribution in [-0.4, -0.2) is 37.5 Å². The van der Waals surface area contributed by atoms with Gasteiger partial charge < -0.3 is 14.2 Å². The summed E-state index contributed by atoms with van der Waals surface area (Å²) in [5, 5.41) is 0. The van der Waals surface area contributed by atoms with E-state index >= 15 is 0 Å². The molecule has 0 N–H and O–H groups in total. The van der Waals surface area contributed by atoms with Crippen LogP contribution in [-0.2, 0) is 28.6 Å². The van der Waals surface area contributed by atoms with E-state index in [1.54, 1.807) is 6.92 Å². The smallest absolute Gasteiger partial charge is 0.316 e. The average Bonchev–Trinajstić information content (AvgIpc) is 3.11. The molecule has 3 rings (SSSR count). The zero-order valence-corrected chi connectivity index (χ0v) is 21.5. The molecule has 6 heteroatoms. The molecule has 6 nitrogen and oxygen atoms in total. The van der Waals surface area contributed by atoms with Crippen molar-refractivity contribution in [3.63, 3.8) is 0 Å². The summed E-state index contributed by atoms with van der Waals surface area (Å²) in [6.45, 7) is 16.6. The number of carbonyl (C=O) groups is 3. The highest BCUT2D eigenvalue weighted by Gasteiger charge is 2.69. The van der Waals surface area contributed by atoms with Gasteiger partial charge in [0.2, 0.25) is 0 Å². The number of rotatable bonds is 5. The fourth-order valence-corrected chi connectivity index (χ4v) is 7.27. The third-order valence-corrected chi connectivity index (χ3v) is 9.48. The van der Waals surface area contributed by atoms with Gasteiger partial charge in [0.15, 0.2) is 5.78 Å². The lowest BCUT2D eigenvalue weighted by Gasteiger charge is -2.57. The van der Waals surface area contributed by atoms with Crippen molar-refractivity contribution in [2.24, 2.45) is 34.5 Å². The van der Waals surface area contributed by atoms with Crippen molar-refractivity contribution in [1.82, 2.24) is 0 Å². The van der Waals surface area contributed by atoms with Crippen LogP contribution in [0.15, 0.2) is 23.5 Å². The van der Waals surface area contributed by atoms with Crippen LogP contribution in [0.3, 0.4) is 0 Å². The quantitative estimate of drug-likeness (QED) is 0.326. The fourth-order valence-electron chi connectivity index (χ4n) is 7.27. The summed E-state index contributed by atoms with van der Waals surface area (Å²) in [4.78, 5) is 38.0. The molecule has 1 heterocycles. The van der Waals surface area contributed by atoms with Crippen LogP contribution >= 0.6 is 0 Å². The van der Waals surface area contributed by atoms with Crippen LogP contribution in [0.25, 0.3) is 0 Å². The molecule has 1 spiro atoms. The van der Waals surface area contributed by atoms with Crippen molar-refractivity contribution >= 4 is 17.7 Å². The van der Waals surface area contributed by atoms with Crippen LogP contribution in [0, 0.1) is 34.5 Å². The first-order valence-electron chi connectivity index (χ1n) is 12.0. The highest BCUT2D eigenvalue weighted by atomic mass is 16.5. The Morgan fingerprint density at radius 1 is 1.15 bits per heavy atom. The first-order valence-corrected chi connectivity index (χ1v) is 12.0. The van der Waals surface area contributed by atoms with E-state index in [0.717, 1.165) is 18.4 Å². The molecule has 3 aliphatic rings. The number of hydrogen-bond donors (Lipinski definition) is 0. The molecule has 0 radical (unpaired) electrons. The maximum Gasteiger partial charge on any atom is 0.316 e. The fraction of sp³-hybridized carbons (Fsp3) is 0.741. The Morgan fingerprint density at radius 2 is 1.79 bits per heavy atom. The number of ether oxygens (including phenoxy) is 3. The maximum atomic E-state index is 13.2. The molecule has 0 bridgehead atoms. The molecule has 1 aliphatic heterocycles. The van der Waals surface area contributed by atoms with Crippen LogP contribution in [0.4, 0.5) is 0 Å². The number of esters is 2. The summed E-state index contributed by atoms with van der Waals surface area (Å²) < 4.78 is 17.0. The van der Waals surface area contributed by atoms with E-state index in [-0.39, 0.29) is 34.9 Å². The minimum atomic E-state index is -0.834. The van der Waals surface area contributed by atoms with Crippen molar-refractivity contribution < 1.29 is 28.6 Å². The number of ketones is 1. The SMILES string of the molecule is C=C(C)C1CCC(C)C2(CC3(C)C(=C(C)C(=O)C(C(=O)OC)C3C)O2)C1(C)CCC(=O)OC. The lowest BCUT2D eigenvalue weighted by molar-refractivity contribution is -0.165. The second-order valence-corrected chi connectivity index (χ2v) is 11.1. The number of methoxy groups -OCH3 is 2. The Labute approximate surface area is 198 Å². The Morgan fingerprint density at radius 3 is 2.33 bits per heavy atom. The summed E-state index contributed by atoms with van der Waals surface area (Å²) in [6.07, 6.45) is 3.52. The van der Waals surface area contributed by atoms with E-state index in [0.29, 0.717) is 30.6 Å². The molecule has 0 aromatic carbocycles. The molecule has 0 amide bonds. The predicted molar refractivity (Wildman–Crippen MR) is 125 cm³/mol. The Bertz CT molecular complexity index is 902. The van der Waals surface area contributed by atoms with Gasteiger partial charge >= 0.3 is 11.9 Å². The summed E-state index contributed by atoms with van der Waals surface area (Å²) in [7, 11) is 2.74. The zero-order chi connectivity index (χ0) is 24.9. The second-order valence-electron chi connectivity index (χ2n) is 11.1. The highest BCUT2D eigenvalue weighted by molar-refractivity contribution is 6.09. The van der Waals surface area contributed by atoms with Crippen LogP contribution in [0.1, 0.15) is 73.6 Å². The minimum Gasteiger partial charge on any atom is -0.490 e. The number of fused-ring (bicyclic) bond motifs is 1. The number of Topliss-reactive ketones (excluding diaryl/α,β-unsaturated/α-hetero) is 1. The number of hydrogen-bond acceptors (Lipinski definition) is 6. The van der Waals surface area contributed by atoms with Gasteiger partial charge in [0, 0.05) is 29.2 Å². The normalized spacial score (nSPS) is 40.3. The van der Waals surface area contributed by atoms with E-state index in [4.69, 9.17) is 14.2 Å². The molecule has 1 saturated heterocycles. The molecule has 0 aromatic heterocycles. The molecule has 7 atom stereocenters. The third-order valence-electron chi connectivity index (χ3n) is 9.48. The largest absolute Gasteiger partial charge is 0.490 e. The van der Waals surface area contributed by atoms with Crippen LogP contribution in [0.5, 0.6) is 0 Å². The maximum absolute atomic E-state index is 13.2. The predicted octanol–water partition coefficient (Wildman–Crippen LogP) is 5.02. The van der Waals surface area contributed by atoms with Gasteiger partial charge in [-0.1, -0.05) is 39.8 Å². The molecule has 33 heavy (non-hydrogen) atoms. The minimum absolute atomic E-state index is 0.172. The lowest BCUT2D eigenvalue weighted by Crippen LogP contribution is -2.58. The molecule has 184 valence electrons. The van der Waals surface area contributed by atoms with Gasteiger partial charge in [-0.25, -0.2) is 0 Å². The van der Waals surface area contributed by atoms with Gasteiger partial charge in [-0.3, -0.25) is 14.4 Å². The second kappa shape index (κ2) is 8.59. The molecule has 2 aliphatic carbocycles. The molecular formula is C27H40O6. The average molecular weight is 461 g/mol. The van der Waals surface area contributed by atoms with E-state index < -0.39 is 22.9 Å². The first kappa shape index (κ1) is 25.5. The van der Waals surface area contributed by atoms with Crippen LogP contribution in [0.2, 0.25) is 0 Å². The van der Waals surface area contributed by atoms with Crippen molar-refractivity contribution in [2.45, 2.75) is 79.2 Å². The van der Waals surface area contributed by atoms with E-state index in [2.05, 4.69) is 34.3 Å². The molecular weight excluding hydrogens is 420 g/mol. The van der Waals surface area contributed by atoms with Crippen LogP contribution < -0.4 is 0 Å². The van der Waals surface area contributed by atoms with Gasteiger partial charge in [0.05, 0.1) is 14.2 Å². The van der Waals surface area contributed by atoms with Gasteiger partial charge in [-0.2, -0.15) is 0 Å². The first-order chi connectivity index (χ1) is 15.3. The Hall–Kier alpha value is -2.11. The molecule has 2 fully saturated rings. The van der Waals surface area contributed by atoms with Gasteiger partial charge in [0.25, 0.3) is 0 Å². The van der Waals surface area contributed by atoms with Gasteiger partial charge in [0.1, 0.15) is 17.3 Å². The Balaban J connectivity index is 2.17. The summed E-state index contributed by atoms with van der Waals surface area (Å²) >= 11 is 0. The lowest BCUT2D eigenvalue weighted by atomic mass is 9.48. The van der Waals surface area contributed by atoms with E-state index in [1.165, 1.54) is 14.2 Å². The van der Waals surface area contributed by atoms with Gasteiger partial charge in [-0.05, 0) is 50.9 Å². The van der Waals surface area contributed by atoms with E-state index in [9.17, 15) is 14.4 Å². The summed E-state index contributed by atoms with van der Waals surface area (Å²) in [6, 6.07) is 0. The van der Waals surface area contributed by atoms with Crippen molar-refractivity contribution in [2.75, 3.05) is 14.2 Å². The number of carbonyl (C=O) groups excluding carboxylic acids is 3. The highest BCUT2D eigenvalue weighted by Crippen LogP contribution is 2.68. The summed E-state index contributed by atoms with van der Waals surface area (Å²) in [5.74, 6) is -0.955. The topological polar surface area (TPSA) is 78.9 Å². The Kier molecular flexibility index (Phi) is 6.64. The molecule has 7 unspecified atom stereocenters. The summed E-state index contributed by atoms with van der Waals surface area (Å²) in [5.41, 5.74) is 0.131. The third kappa shape index (κ3) is 3.55. The van der Waals surface area contributed by atoms with E-state index in [1.807, 2.05) is 6.92 Å². The molecule has 1 saturated carbocycles. The number of allylic oxidation sites excluding steroid dienone is 3. The van der Waals surface area contributed by atoms with Crippen molar-refractivity contribution in [1.29, 1.82) is 0 Å². The standard InChI is InChI=1S/C27H40O6/c1-15(2)19-11-10-16(3)27(26(19,7)13-12-20(28)31-8)14-25(6)18(5)21(24(30)32-9)22(29)17(4)23(25)33-27/h16,18-19,21H,1,10-14H2,2-9H3. The van der Waals surface area contributed by atoms with Crippen molar-refractivity contribution in [3.05, 3.63) is 23.5 Å².